The second-order valence-corrected chi connectivity index (χ2v) is 11.0. The highest BCUT2D eigenvalue weighted by Crippen LogP contribution is 2.37. The standard InChI is InChI=1S/C21H29F3N2O3S/c1-20(30(28,29)18-9-5-6-16(14-18)21(22,23)24)10-12-26(13-11-20)19(27)15-25-17-7-3-2-4-8-17/h5-6,9,14,17,25H,2-4,7-8,10-13,15H2,1H3. The Morgan fingerprint density at radius 2 is 1.80 bits per heavy atom. The van der Waals surface area contributed by atoms with Crippen LogP contribution in [0.5, 0.6) is 0 Å². The molecule has 0 atom stereocenters. The maximum atomic E-state index is 13.1. The monoisotopic (exact) mass is 446 g/mol. The zero-order chi connectivity index (χ0) is 22.0. The Morgan fingerprint density at radius 3 is 2.40 bits per heavy atom. The van der Waals surface area contributed by atoms with Crippen molar-refractivity contribution in [1.82, 2.24) is 10.2 Å². The van der Waals surface area contributed by atoms with Crippen molar-refractivity contribution in [2.45, 2.75) is 73.7 Å². The van der Waals surface area contributed by atoms with Crippen molar-refractivity contribution in [2.24, 2.45) is 0 Å². The molecule has 168 valence electrons. The van der Waals surface area contributed by atoms with E-state index in [4.69, 9.17) is 0 Å². The number of amides is 1. The molecule has 9 heteroatoms. The van der Waals surface area contributed by atoms with E-state index in [2.05, 4.69) is 5.32 Å². The lowest BCUT2D eigenvalue weighted by Gasteiger charge is -2.39. The predicted molar refractivity (Wildman–Crippen MR) is 108 cm³/mol. The van der Waals surface area contributed by atoms with Gasteiger partial charge in [0.05, 0.1) is 21.8 Å². The molecule has 30 heavy (non-hydrogen) atoms. The third-order valence-electron chi connectivity index (χ3n) is 6.44. The summed E-state index contributed by atoms with van der Waals surface area (Å²) >= 11 is 0. The van der Waals surface area contributed by atoms with Crippen molar-refractivity contribution in [3.63, 3.8) is 0 Å². The average molecular weight is 447 g/mol. The highest BCUT2D eigenvalue weighted by atomic mass is 32.2. The molecular formula is C21H29F3N2O3S. The number of sulfone groups is 1. The van der Waals surface area contributed by atoms with Crippen molar-refractivity contribution in [2.75, 3.05) is 19.6 Å². The SMILES string of the molecule is CC1(S(=O)(=O)c2cccc(C(F)(F)F)c2)CCN(C(=O)CNC2CCCCC2)CC1. The van der Waals surface area contributed by atoms with E-state index in [1.165, 1.54) is 25.3 Å². The maximum absolute atomic E-state index is 13.1. The lowest BCUT2D eigenvalue weighted by Crippen LogP contribution is -2.51. The Hall–Kier alpha value is -1.61. The average Bonchev–Trinajstić information content (AvgIpc) is 2.72. The van der Waals surface area contributed by atoms with Crippen LogP contribution in [0.25, 0.3) is 0 Å². The second kappa shape index (κ2) is 8.86. The van der Waals surface area contributed by atoms with Gasteiger partial charge in [-0.15, -0.1) is 0 Å². The van der Waals surface area contributed by atoms with Crippen molar-refractivity contribution >= 4 is 15.7 Å². The molecule has 2 aliphatic rings. The summed E-state index contributed by atoms with van der Waals surface area (Å²) < 4.78 is 64.0. The number of likely N-dealkylation sites (tertiary alicyclic amines) is 1. The number of nitrogens with zero attached hydrogens (tertiary/aromatic N) is 1. The molecule has 1 aromatic rings. The molecule has 1 amide bonds. The molecule has 1 aliphatic heterocycles. The van der Waals surface area contributed by atoms with Gasteiger partial charge in [0.15, 0.2) is 9.84 Å². The first-order valence-corrected chi connectivity index (χ1v) is 11.9. The van der Waals surface area contributed by atoms with Gasteiger partial charge in [0, 0.05) is 19.1 Å². The molecule has 1 saturated heterocycles. The Kier molecular flexibility index (Phi) is 6.81. The third-order valence-corrected chi connectivity index (χ3v) is 9.02. The van der Waals surface area contributed by atoms with E-state index in [0.29, 0.717) is 12.1 Å². The number of halogens is 3. The van der Waals surface area contributed by atoms with Crippen LogP contribution >= 0.6 is 0 Å². The fourth-order valence-electron chi connectivity index (χ4n) is 4.27. The van der Waals surface area contributed by atoms with E-state index in [-0.39, 0.29) is 43.3 Å². The molecular weight excluding hydrogens is 417 g/mol. The number of piperidine rings is 1. The third kappa shape index (κ3) is 4.99. The molecule has 0 bridgehead atoms. The van der Waals surface area contributed by atoms with Gasteiger partial charge in [-0.05, 0) is 50.8 Å². The number of rotatable bonds is 5. The van der Waals surface area contributed by atoms with Crippen molar-refractivity contribution < 1.29 is 26.4 Å². The first kappa shape index (κ1) is 23.1. The largest absolute Gasteiger partial charge is 0.416 e. The van der Waals surface area contributed by atoms with Crippen LogP contribution in [0.3, 0.4) is 0 Å². The number of carbonyl (C=O) groups excluding carboxylic acids is 1. The molecule has 1 N–H and O–H groups in total. The smallest absolute Gasteiger partial charge is 0.341 e. The zero-order valence-electron chi connectivity index (χ0n) is 17.2. The maximum Gasteiger partial charge on any atom is 0.416 e. The summed E-state index contributed by atoms with van der Waals surface area (Å²) in [6.07, 6.45) is 1.50. The summed E-state index contributed by atoms with van der Waals surface area (Å²) in [6, 6.07) is 4.25. The van der Waals surface area contributed by atoms with Crippen LogP contribution in [-0.4, -0.2) is 49.6 Å². The molecule has 0 aromatic heterocycles. The van der Waals surface area contributed by atoms with Crippen LogP contribution in [0.1, 0.15) is 57.4 Å². The Balaban J connectivity index is 1.62. The number of carbonyl (C=O) groups is 1. The van der Waals surface area contributed by atoms with E-state index >= 15 is 0 Å². The number of hydrogen-bond acceptors (Lipinski definition) is 4. The minimum atomic E-state index is -4.60. The second-order valence-electron chi connectivity index (χ2n) is 8.58. The van der Waals surface area contributed by atoms with Crippen molar-refractivity contribution in [3.05, 3.63) is 29.8 Å². The minimum absolute atomic E-state index is 0.0564. The number of hydrogen-bond donors (Lipinski definition) is 1. The summed E-state index contributed by atoms with van der Waals surface area (Å²) in [6.45, 7) is 2.35. The van der Waals surface area contributed by atoms with Gasteiger partial charge in [-0.25, -0.2) is 8.42 Å². The molecule has 1 heterocycles. The molecule has 1 aromatic carbocycles. The normalized spacial score (nSPS) is 20.9. The molecule has 2 fully saturated rings. The fraction of sp³-hybridized carbons (Fsp3) is 0.667. The van der Waals surface area contributed by atoms with E-state index in [0.717, 1.165) is 25.0 Å². The Morgan fingerprint density at radius 1 is 1.17 bits per heavy atom. The van der Waals surface area contributed by atoms with Gasteiger partial charge in [0.25, 0.3) is 0 Å². The van der Waals surface area contributed by atoms with Crippen LogP contribution in [0.15, 0.2) is 29.2 Å². The zero-order valence-corrected chi connectivity index (χ0v) is 18.0. The predicted octanol–water partition coefficient (Wildman–Crippen LogP) is 3.78. The summed E-state index contributed by atoms with van der Waals surface area (Å²) in [5.41, 5.74) is -0.978. The minimum Gasteiger partial charge on any atom is -0.341 e. The Labute approximate surface area is 175 Å². The summed E-state index contributed by atoms with van der Waals surface area (Å²) in [5, 5.41) is 3.30. The van der Waals surface area contributed by atoms with Gasteiger partial charge >= 0.3 is 6.18 Å². The van der Waals surface area contributed by atoms with Gasteiger partial charge in [-0.3, -0.25) is 4.79 Å². The molecule has 5 nitrogen and oxygen atoms in total. The summed E-state index contributed by atoms with van der Waals surface area (Å²) in [7, 11) is -3.98. The van der Waals surface area contributed by atoms with Gasteiger partial charge in [-0.1, -0.05) is 25.3 Å². The lowest BCUT2D eigenvalue weighted by molar-refractivity contribution is -0.137. The number of benzene rings is 1. The molecule has 1 saturated carbocycles. The quantitative estimate of drug-likeness (QED) is 0.748. The Bertz CT molecular complexity index is 856. The first-order valence-electron chi connectivity index (χ1n) is 10.5. The molecule has 3 rings (SSSR count). The number of nitrogens with one attached hydrogen (secondary N) is 1. The summed E-state index contributed by atoms with van der Waals surface area (Å²) in [5.74, 6) is -0.0564. The molecule has 0 spiro atoms. The topological polar surface area (TPSA) is 66.5 Å². The van der Waals surface area contributed by atoms with Gasteiger partial charge < -0.3 is 10.2 Å². The molecule has 0 unspecified atom stereocenters. The van der Waals surface area contributed by atoms with Gasteiger partial charge in [-0.2, -0.15) is 13.2 Å². The van der Waals surface area contributed by atoms with Gasteiger partial charge in [0.2, 0.25) is 5.91 Å². The van der Waals surface area contributed by atoms with Crippen LogP contribution in [0.4, 0.5) is 13.2 Å². The summed E-state index contributed by atoms with van der Waals surface area (Å²) in [4.78, 5) is 13.8. The van der Waals surface area contributed by atoms with Crippen molar-refractivity contribution in [1.29, 1.82) is 0 Å². The van der Waals surface area contributed by atoms with E-state index < -0.39 is 26.3 Å². The lowest BCUT2D eigenvalue weighted by atomic mass is 9.95. The van der Waals surface area contributed by atoms with Crippen LogP contribution in [-0.2, 0) is 20.8 Å². The highest BCUT2D eigenvalue weighted by Gasteiger charge is 2.44. The van der Waals surface area contributed by atoms with E-state index in [1.54, 1.807) is 11.8 Å². The first-order chi connectivity index (χ1) is 14.0. The van der Waals surface area contributed by atoms with Crippen LogP contribution in [0.2, 0.25) is 0 Å². The van der Waals surface area contributed by atoms with Crippen molar-refractivity contribution in [3.8, 4) is 0 Å². The van der Waals surface area contributed by atoms with Gasteiger partial charge in [0.1, 0.15) is 0 Å². The van der Waals surface area contributed by atoms with E-state index in [1.807, 2.05) is 0 Å². The van der Waals surface area contributed by atoms with Crippen LogP contribution in [0, 0.1) is 0 Å². The van der Waals surface area contributed by atoms with E-state index in [9.17, 15) is 26.4 Å². The number of alkyl halides is 3. The molecule has 1 aliphatic carbocycles. The molecule has 0 radical (unpaired) electrons. The fourth-order valence-corrected chi connectivity index (χ4v) is 6.10. The highest BCUT2D eigenvalue weighted by molar-refractivity contribution is 7.92. The van der Waals surface area contributed by atoms with Crippen LogP contribution < -0.4 is 5.32 Å².